The Balaban J connectivity index is 0.000000845. The van der Waals surface area contributed by atoms with E-state index in [1.807, 2.05) is 17.5 Å². The van der Waals surface area contributed by atoms with Crippen LogP contribution in [0.3, 0.4) is 0 Å². The minimum absolute atomic E-state index is 0. The molecule has 0 saturated carbocycles. The second-order valence-corrected chi connectivity index (χ2v) is 3.16. The number of anilines is 1. The number of hydrogen-bond donors (Lipinski definition) is 1. The number of halogens is 1. The molecular formula is C8H9ClN2OS. The van der Waals surface area contributed by atoms with Gasteiger partial charge >= 0.3 is 0 Å². The molecule has 70 valence electrons. The first kappa shape index (κ1) is 10.1. The van der Waals surface area contributed by atoms with Gasteiger partial charge in [-0.2, -0.15) is 0 Å². The van der Waals surface area contributed by atoms with Crippen LogP contribution in [0.1, 0.15) is 5.76 Å². The molecule has 0 atom stereocenters. The molecule has 13 heavy (non-hydrogen) atoms. The molecule has 0 fully saturated rings. The maximum absolute atomic E-state index is 5.15. The van der Waals surface area contributed by atoms with Gasteiger partial charge in [-0.05, 0) is 12.1 Å². The van der Waals surface area contributed by atoms with Gasteiger partial charge in [0.15, 0.2) is 5.13 Å². The van der Waals surface area contributed by atoms with Crippen LogP contribution in [0.5, 0.6) is 0 Å². The van der Waals surface area contributed by atoms with Crippen LogP contribution in [-0.4, -0.2) is 4.98 Å². The quantitative estimate of drug-likeness (QED) is 0.858. The van der Waals surface area contributed by atoms with Crippen molar-refractivity contribution < 1.29 is 4.42 Å². The summed E-state index contributed by atoms with van der Waals surface area (Å²) in [5, 5.41) is 6.00. The van der Waals surface area contributed by atoms with Crippen molar-refractivity contribution in [3.63, 3.8) is 0 Å². The fourth-order valence-corrected chi connectivity index (χ4v) is 1.41. The van der Waals surface area contributed by atoms with Gasteiger partial charge in [0, 0.05) is 11.6 Å². The zero-order chi connectivity index (χ0) is 8.23. The summed E-state index contributed by atoms with van der Waals surface area (Å²) in [6, 6.07) is 3.81. The van der Waals surface area contributed by atoms with Gasteiger partial charge in [0.1, 0.15) is 5.76 Å². The van der Waals surface area contributed by atoms with Crippen LogP contribution in [-0.2, 0) is 6.54 Å². The second kappa shape index (κ2) is 4.89. The van der Waals surface area contributed by atoms with E-state index in [-0.39, 0.29) is 12.4 Å². The van der Waals surface area contributed by atoms with E-state index in [4.69, 9.17) is 4.42 Å². The molecule has 0 aliphatic carbocycles. The molecule has 2 rings (SSSR count). The van der Waals surface area contributed by atoms with Gasteiger partial charge < -0.3 is 9.73 Å². The molecule has 0 aromatic carbocycles. The first-order valence-electron chi connectivity index (χ1n) is 3.61. The second-order valence-electron chi connectivity index (χ2n) is 2.27. The fraction of sp³-hybridized carbons (Fsp3) is 0.125. The third kappa shape index (κ3) is 2.75. The van der Waals surface area contributed by atoms with E-state index in [9.17, 15) is 0 Å². The molecular weight excluding hydrogens is 208 g/mol. The van der Waals surface area contributed by atoms with E-state index in [1.165, 1.54) is 0 Å². The summed E-state index contributed by atoms with van der Waals surface area (Å²) in [6.07, 6.45) is 3.44. The monoisotopic (exact) mass is 216 g/mol. The largest absolute Gasteiger partial charge is 0.467 e. The van der Waals surface area contributed by atoms with Crippen molar-refractivity contribution in [1.82, 2.24) is 4.98 Å². The van der Waals surface area contributed by atoms with Crippen LogP contribution in [0, 0.1) is 0 Å². The fourth-order valence-electron chi connectivity index (χ4n) is 0.887. The molecule has 0 unspecified atom stereocenters. The Morgan fingerprint density at radius 1 is 1.54 bits per heavy atom. The summed E-state index contributed by atoms with van der Waals surface area (Å²) in [5.74, 6) is 0.921. The maximum atomic E-state index is 5.15. The van der Waals surface area contributed by atoms with Gasteiger partial charge in [-0.3, -0.25) is 0 Å². The van der Waals surface area contributed by atoms with Crippen molar-refractivity contribution in [1.29, 1.82) is 0 Å². The van der Waals surface area contributed by atoms with Gasteiger partial charge in [-0.15, -0.1) is 23.7 Å². The Kier molecular flexibility index (Phi) is 3.79. The third-order valence-electron chi connectivity index (χ3n) is 1.43. The van der Waals surface area contributed by atoms with Crippen molar-refractivity contribution in [2.45, 2.75) is 6.54 Å². The molecule has 2 aromatic rings. The highest BCUT2D eigenvalue weighted by atomic mass is 35.5. The topological polar surface area (TPSA) is 38.1 Å². The Hall–Kier alpha value is -1.00. The minimum Gasteiger partial charge on any atom is -0.467 e. The van der Waals surface area contributed by atoms with Gasteiger partial charge in [0.2, 0.25) is 0 Å². The highest BCUT2D eigenvalue weighted by Gasteiger charge is 1.96. The van der Waals surface area contributed by atoms with E-state index in [0.717, 1.165) is 10.9 Å². The van der Waals surface area contributed by atoms with Crippen LogP contribution in [0.4, 0.5) is 5.13 Å². The lowest BCUT2D eigenvalue weighted by atomic mass is 10.4. The number of hydrogen-bond acceptors (Lipinski definition) is 4. The number of nitrogens with zero attached hydrogens (tertiary/aromatic N) is 1. The van der Waals surface area contributed by atoms with E-state index < -0.39 is 0 Å². The molecule has 0 spiro atoms. The zero-order valence-electron chi connectivity index (χ0n) is 6.77. The summed E-state index contributed by atoms with van der Waals surface area (Å²) in [5.41, 5.74) is 0. The number of nitrogens with one attached hydrogen (secondary N) is 1. The van der Waals surface area contributed by atoms with Gasteiger partial charge in [-0.25, -0.2) is 4.98 Å². The lowest BCUT2D eigenvalue weighted by Crippen LogP contribution is -1.96. The Morgan fingerprint density at radius 2 is 2.46 bits per heavy atom. The van der Waals surface area contributed by atoms with Crippen molar-refractivity contribution >= 4 is 28.9 Å². The number of rotatable bonds is 3. The molecule has 0 aliphatic heterocycles. The van der Waals surface area contributed by atoms with Crippen molar-refractivity contribution in [3.8, 4) is 0 Å². The Morgan fingerprint density at radius 3 is 3.08 bits per heavy atom. The van der Waals surface area contributed by atoms with Gasteiger partial charge in [0.25, 0.3) is 0 Å². The van der Waals surface area contributed by atoms with Crippen LogP contribution >= 0.6 is 23.7 Å². The number of aromatic nitrogens is 1. The molecule has 3 nitrogen and oxygen atoms in total. The van der Waals surface area contributed by atoms with Crippen LogP contribution in [0.25, 0.3) is 0 Å². The number of furan rings is 1. The van der Waals surface area contributed by atoms with E-state index >= 15 is 0 Å². The smallest absolute Gasteiger partial charge is 0.182 e. The molecule has 0 saturated heterocycles. The number of thiazole rings is 1. The zero-order valence-corrected chi connectivity index (χ0v) is 8.40. The van der Waals surface area contributed by atoms with Crippen LogP contribution < -0.4 is 5.32 Å². The lowest BCUT2D eigenvalue weighted by Gasteiger charge is -1.97. The first-order chi connectivity index (χ1) is 5.95. The summed E-state index contributed by atoms with van der Waals surface area (Å²) in [6.45, 7) is 0.695. The molecule has 5 heteroatoms. The molecule has 0 aliphatic rings. The predicted molar refractivity (Wildman–Crippen MR) is 55.4 cm³/mol. The summed E-state index contributed by atoms with van der Waals surface area (Å²) >= 11 is 1.58. The van der Waals surface area contributed by atoms with Gasteiger partial charge in [-0.1, -0.05) is 0 Å². The Bertz CT molecular complexity index is 286. The van der Waals surface area contributed by atoms with Crippen LogP contribution in [0.2, 0.25) is 0 Å². The van der Waals surface area contributed by atoms with E-state index in [2.05, 4.69) is 10.3 Å². The Labute approximate surface area is 86.2 Å². The van der Waals surface area contributed by atoms with Crippen molar-refractivity contribution in [2.75, 3.05) is 5.32 Å². The highest BCUT2D eigenvalue weighted by Crippen LogP contribution is 2.11. The SMILES string of the molecule is Cl.c1coc(CNc2nccs2)c1. The highest BCUT2D eigenvalue weighted by molar-refractivity contribution is 7.13. The minimum atomic E-state index is 0. The average molecular weight is 217 g/mol. The molecule has 0 radical (unpaired) electrons. The van der Waals surface area contributed by atoms with Crippen LogP contribution in [0.15, 0.2) is 34.4 Å². The normalized spacial score (nSPS) is 9.23. The molecule has 2 heterocycles. The van der Waals surface area contributed by atoms with E-state index in [1.54, 1.807) is 23.8 Å². The average Bonchev–Trinajstić information content (AvgIpc) is 2.74. The molecule has 0 amide bonds. The van der Waals surface area contributed by atoms with Gasteiger partial charge in [0.05, 0.1) is 12.8 Å². The van der Waals surface area contributed by atoms with Crippen molar-refractivity contribution in [2.24, 2.45) is 0 Å². The summed E-state index contributed by atoms with van der Waals surface area (Å²) in [7, 11) is 0. The summed E-state index contributed by atoms with van der Waals surface area (Å²) < 4.78 is 5.15. The molecule has 1 N–H and O–H groups in total. The predicted octanol–water partition coefficient (Wildman–Crippen LogP) is 2.77. The molecule has 2 aromatic heterocycles. The molecule has 0 bridgehead atoms. The lowest BCUT2D eigenvalue weighted by molar-refractivity contribution is 0.518. The first-order valence-corrected chi connectivity index (χ1v) is 4.49. The standard InChI is InChI=1S/C8H8N2OS.ClH/c1-2-7(11-4-1)6-10-8-9-3-5-12-8;/h1-5H,6H2,(H,9,10);1H. The van der Waals surface area contributed by atoms with E-state index in [0.29, 0.717) is 6.54 Å². The maximum Gasteiger partial charge on any atom is 0.182 e. The third-order valence-corrected chi connectivity index (χ3v) is 2.16. The van der Waals surface area contributed by atoms with Crippen molar-refractivity contribution in [3.05, 3.63) is 35.7 Å². The summed E-state index contributed by atoms with van der Waals surface area (Å²) in [4.78, 5) is 4.08.